The lowest BCUT2D eigenvalue weighted by Crippen LogP contribution is -2.30. The Labute approximate surface area is 126 Å². The first-order valence-electron chi connectivity index (χ1n) is 7.67. The molecule has 6 heteroatoms. The highest BCUT2D eigenvalue weighted by Gasteiger charge is 2.37. The summed E-state index contributed by atoms with van der Waals surface area (Å²) >= 11 is 0. The van der Waals surface area contributed by atoms with Crippen LogP contribution in [-0.2, 0) is 0 Å². The van der Waals surface area contributed by atoms with Gasteiger partial charge in [0.1, 0.15) is 0 Å². The molecule has 6 nitrogen and oxygen atoms in total. The van der Waals surface area contributed by atoms with Crippen molar-refractivity contribution in [1.82, 2.24) is 14.9 Å². The number of aromatic nitrogens is 2. The molecule has 22 heavy (non-hydrogen) atoms. The molecule has 1 saturated heterocycles. The summed E-state index contributed by atoms with van der Waals surface area (Å²) in [5.41, 5.74) is 0.170. The molecule has 2 heterocycles. The smallest absolute Gasteiger partial charge is 0.314 e. The van der Waals surface area contributed by atoms with E-state index < -0.39 is 11.1 Å². The third-order valence-corrected chi connectivity index (χ3v) is 4.77. The van der Waals surface area contributed by atoms with Crippen molar-refractivity contribution < 1.29 is 4.79 Å². The second-order valence-corrected chi connectivity index (χ2v) is 6.31. The van der Waals surface area contributed by atoms with Gasteiger partial charge in [0.15, 0.2) is 0 Å². The molecule has 2 N–H and O–H groups in total. The van der Waals surface area contributed by atoms with Gasteiger partial charge in [-0.05, 0) is 49.3 Å². The Morgan fingerprint density at radius 3 is 2.45 bits per heavy atom. The van der Waals surface area contributed by atoms with Gasteiger partial charge in [-0.2, -0.15) is 0 Å². The van der Waals surface area contributed by atoms with Crippen molar-refractivity contribution in [3.63, 3.8) is 0 Å². The third kappa shape index (κ3) is 2.24. The first kappa shape index (κ1) is 13.3. The summed E-state index contributed by atoms with van der Waals surface area (Å²) in [4.78, 5) is 42.2. The van der Waals surface area contributed by atoms with Gasteiger partial charge in [0.2, 0.25) is 0 Å². The first-order chi connectivity index (χ1) is 10.6. The molecule has 0 bridgehead atoms. The quantitative estimate of drug-likeness (QED) is 0.814. The molecule has 114 valence electrons. The zero-order chi connectivity index (χ0) is 15.3. The highest BCUT2D eigenvalue weighted by molar-refractivity contribution is 5.97. The van der Waals surface area contributed by atoms with Gasteiger partial charge >= 0.3 is 11.1 Å². The standard InChI is InChI=1S/C16H17N3O3/c20-14-15(21)18-13-7-10(3-4-12(13)17-14)16(22)19-6-5-11(8-19)9-1-2-9/h3-4,7,9,11H,1-2,5-6,8H2,(H,17,20)(H,18,21). The molecule has 1 atom stereocenters. The number of carbonyl (C=O) groups excluding carboxylic acids is 1. The van der Waals surface area contributed by atoms with E-state index in [4.69, 9.17) is 0 Å². The van der Waals surface area contributed by atoms with E-state index in [2.05, 4.69) is 9.97 Å². The van der Waals surface area contributed by atoms with Crippen LogP contribution in [0.25, 0.3) is 11.0 Å². The summed E-state index contributed by atoms with van der Waals surface area (Å²) in [5.74, 6) is 1.47. The van der Waals surface area contributed by atoms with Gasteiger partial charge in [0.25, 0.3) is 5.91 Å². The number of rotatable bonds is 2. The van der Waals surface area contributed by atoms with Gasteiger partial charge in [0.05, 0.1) is 11.0 Å². The summed E-state index contributed by atoms with van der Waals surface area (Å²) in [6.07, 6.45) is 3.70. The fraction of sp³-hybridized carbons (Fsp3) is 0.438. The molecule has 1 aromatic carbocycles. The summed E-state index contributed by atoms with van der Waals surface area (Å²) < 4.78 is 0. The molecule has 0 spiro atoms. The molecule has 2 aromatic rings. The summed E-state index contributed by atoms with van der Waals surface area (Å²) in [6.45, 7) is 1.64. The maximum atomic E-state index is 12.6. The average Bonchev–Trinajstić information content (AvgIpc) is 3.25. The highest BCUT2D eigenvalue weighted by atomic mass is 16.2. The molecule has 4 rings (SSSR count). The second-order valence-electron chi connectivity index (χ2n) is 6.31. The van der Waals surface area contributed by atoms with Crippen molar-refractivity contribution in [3.05, 3.63) is 44.5 Å². The van der Waals surface area contributed by atoms with Gasteiger partial charge < -0.3 is 14.9 Å². The Morgan fingerprint density at radius 1 is 1.00 bits per heavy atom. The van der Waals surface area contributed by atoms with Gasteiger partial charge in [-0.3, -0.25) is 14.4 Å². The number of benzene rings is 1. The van der Waals surface area contributed by atoms with Crippen LogP contribution in [0.5, 0.6) is 0 Å². The number of fused-ring (bicyclic) bond motifs is 1. The number of H-pyrrole nitrogens is 2. The summed E-state index contributed by atoms with van der Waals surface area (Å²) in [5, 5.41) is 0. The number of aromatic amines is 2. The predicted octanol–water partition coefficient (Wildman–Crippen LogP) is 1.09. The lowest BCUT2D eigenvalue weighted by Gasteiger charge is -2.16. The predicted molar refractivity (Wildman–Crippen MR) is 81.9 cm³/mol. The maximum Gasteiger partial charge on any atom is 0.314 e. The van der Waals surface area contributed by atoms with Crippen molar-refractivity contribution in [2.75, 3.05) is 13.1 Å². The minimum atomic E-state index is -0.702. The van der Waals surface area contributed by atoms with Gasteiger partial charge in [-0.1, -0.05) is 0 Å². The first-order valence-corrected chi connectivity index (χ1v) is 7.67. The van der Waals surface area contributed by atoms with E-state index in [1.54, 1.807) is 18.2 Å². The van der Waals surface area contributed by atoms with E-state index in [-0.39, 0.29) is 5.91 Å². The Hall–Kier alpha value is -2.37. The number of hydrogen-bond donors (Lipinski definition) is 2. The van der Waals surface area contributed by atoms with Crippen molar-refractivity contribution in [3.8, 4) is 0 Å². The SMILES string of the molecule is O=C(c1ccc2[nH]c(=O)c(=O)[nH]c2c1)N1CCC(C2CC2)C1. The minimum absolute atomic E-state index is 0.00269. The highest BCUT2D eigenvalue weighted by Crippen LogP contribution is 2.41. The van der Waals surface area contributed by atoms with E-state index in [1.807, 2.05) is 4.90 Å². The molecule has 1 aromatic heterocycles. The number of nitrogens with one attached hydrogen (secondary N) is 2. The van der Waals surface area contributed by atoms with Crippen LogP contribution in [0.3, 0.4) is 0 Å². The molecule has 1 amide bonds. The van der Waals surface area contributed by atoms with E-state index in [9.17, 15) is 14.4 Å². The minimum Gasteiger partial charge on any atom is -0.338 e. The van der Waals surface area contributed by atoms with Gasteiger partial charge in [0, 0.05) is 18.7 Å². The van der Waals surface area contributed by atoms with Crippen LogP contribution < -0.4 is 11.1 Å². The number of carbonyl (C=O) groups is 1. The summed E-state index contributed by atoms with van der Waals surface area (Å²) in [7, 11) is 0. The molecule has 1 aliphatic carbocycles. The molecule has 1 saturated carbocycles. The van der Waals surface area contributed by atoms with E-state index in [1.165, 1.54) is 12.8 Å². The fourth-order valence-electron chi connectivity index (χ4n) is 3.35. The molecule has 0 radical (unpaired) electrons. The second kappa shape index (κ2) is 4.83. The Morgan fingerprint density at radius 2 is 1.73 bits per heavy atom. The monoisotopic (exact) mass is 299 g/mol. The lowest BCUT2D eigenvalue weighted by molar-refractivity contribution is 0.0786. The van der Waals surface area contributed by atoms with Crippen molar-refractivity contribution >= 4 is 16.9 Å². The van der Waals surface area contributed by atoms with Crippen LogP contribution in [-0.4, -0.2) is 33.9 Å². The molecule has 2 aliphatic rings. The van der Waals surface area contributed by atoms with Crippen LogP contribution in [0.15, 0.2) is 27.8 Å². The van der Waals surface area contributed by atoms with Crippen molar-refractivity contribution in [2.45, 2.75) is 19.3 Å². The molecular weight excluding hydrogens is 282 g/mol. The molecular formula is C16H17N3O3. The van der Waals surface area contributed by atoms with Crippen LogP contribution in [0.1, 0.15) is 29.6 Å². The zero-order valence-corrected chi connectivity index (χ0v) is 12.1. The van der Waals surface area contributed by atoms with E-state index >= 15 is 0 Å². The van der Waals surface area contributed by atoms with Crippen molar-refractivity contribution in [2.24, 2.45) is 11.8 Å². The van der Waals surface area contributed by atoms with Crippen LogP contribution in [0.4, 0.5) is 0 Å². The molecule has 1 aliphatic heterocycles. The van der Waals surface area contributed by atoms with Crippen molar-refractivity contribution in [1.29, 1.82) is 0 Å². The largest absolute Gasteiger partial charge is 0.338 e. The molecule has 1 unspecified atom stereocenters. The number of amides is 1. The average molecular weight is 299 g/mol. The van der Waals surface area contributed by atoms with Crippen LogP contribution >= 0.6 is 0 Å². The summed E-state index contributed by atoms with van der Waals surface area (Å²) in [6, 6.07) is 5.00. The van der Waals surface area contributed by atoms with Gasteiger partial charge in [-0.25, -0.2) is 0 Å². The normalized spacial score (nSPS) is 21.5. The van der Waals surface area contributed by atoms with Crippen LogP contribution in [0, 0.1) is 11.8 Å². The number of likely N-dealkylation sites (tertiary alicyclic amines) is 1. The van der Waals surface area contributed by atoms with E-state index in [0.29, 0.717) is 22.5 Å². The fourth-order valence-corrected chi connectivity index (χ4v) is 3.35. The van der Waals surface area contributed by atoms with Crippen LogP contribution in [0.2, 0.25) is 0 Å². The number of hydrogen-bond acceptors (Lipinski definition) is 3. The number of nitrogens with zero attached hydrogens (tertiary/aromatic N) is 1. The van der Waals surface area contributed by atoms with Gasteiger partial charge in [-0.15, -0.1) is 0 Å². The Kier molecular flexibility index (Phi) is 2.92. The molecule has 2 fully saturated rings. The Balaban J connectivity index is 1.63. The maximum absolute atomic E-state index is 12.6. The third-order valence-electron chi connectivity index (χ3n) is 4.77. The zero-order valence-electron chi connectivity index (χ0n) is 12.1. The topological polar surface area (TPSA) is 86.0 Å². The van der Waals surface area contributed by atoms with E-state index in [0.717, 1.165) is 25.4 Å². The Bertz CT molecular complexity index is 863. The lowest BCUT2D eigenvalue weighted by atomic mass is 10.0.